The molecule has 0 amide bonds. The van der Waals surface area contributed by atoms with Crippen LogP contribution in [0.3, 0.4) is 0 Å². The summed E-state index contributed by atoms with van der Waals surface area (Å²) >= 11 is 0. The fraction of sp³-hybridized carbons (Fsp3) is 0.324. The molecule has 18 rings (SSSR count). The third-order valence-corrected chi connectivity index (χ3v) is 24.7. The number of halogens is 3. The van der Waals surface area contributed by atoms with Gasteiger partial charge in [-0.2, -0.15) is 20.4 Å². The van der Waals surface area contributed by atoms with Gasteiger partial charge in [0.15, 0.2) is 0 Å². The number of pyridine rings is 1. The number of benzene rings is 8. The van der Waals surface area contributed by atoms with Gasteiger partial charge in [0.2, 0.25) is 0 Å². The number of anilines is 8. The minimum absolute atomic E-state index is 0.269. The summed E-state index contributed by atoms with van der Waals surface area (Å²) in [7, 11) is 17.4. The highest BCUT2D eigenvalue weighted by atomic mass is 19.3. The molecular formula is C108H123F3N24O6. The molecule has 1 fully saturated rings. The number of rotatable bonds is 37. The molecule has 33 heteroatoms. The second-order valence-electron chi connectivity index (χ2n) is 35.4. The quantitative estimate of drug-likeness (QED) is 0.0354. The van der Waals surface area contributed by atoms with E-state index in [1.807, 2.05) is 162 Å². The van der Waals surface area contributed by atoms with Gasteiger partial charge in [-0.3, -0.25) is 53.4 Å². The Morgan fingerprint density at radius 3 is 1.13 bits per heavy atom. The van der Waals surface area contributed by atoms with E-state index >= 15 is 0 Å². The standard InChI is InChI=1S/C29H36N6O2.C28H36N6O.C26H24N6O2.C25H27F3N6O/c1-29(2)10-6-11-34(29)12-7-13-35(23-14-24(36-4)17-25(15-23)37-5)22-8-9-26-27(16-22)32-28(19-30-26)21-18-31-33(3)20-21;1-6-9-12-34(24-13-21(14-25(15-24)35-5)19-33(7-2)8-3)23-10-11-26-27(16-23)31-28(18-29-26)22-17-30-32(4)20-22;1-31-17-19(14-29-31)26-15-28-24-7-6-20(11-25(24)30-26)32(16-18-5-4-8-27-13-18)21-9-22(33-2)12-23(10-21)34-3;1-25(27,28)16-29-7-4-8-34(20-9-18(26)10-21(11-20)35-3)19-5-6-22-23(12-19)32-24(14-30-22)17-13-31-33(2)15-17/h8-9,14-20H,6-7,10-13H2,1-5H3;10-11,13-18,20H,6-9,12,19H2,1-5H3;4-15,17H,16H2,1-3H3;5-6,9-15,29H,4,7-8,16H2,1-3H3. The summed E-state index contributed by atoms with van der Waals surface area (Å²) in [4.78, 5) is 56.0. The number of unbranched alkanes of at least 4 members (excludes halogenated alkanes) is 1. The van der Waals surface area contributed by atoms with Crippen molar-refractivity contribution in [1.29, 1.82) is 0 Å². The lowest BCUT2D eigenvalue weighted by Crippen LogP contribution is -2.39. The number of aryl methyl sites for hydroxylation is 4. The summed E-state index contributed by atoms with van der Waals surface area (Å²) < 4.78 is 80.7. The SMILES string of the molecule is CCCCN(c1cc(CN(CC)CC)cc(OC)c1)c1ccc2ncc(-c3cnn(C)c3)nc2c1.COc1cc(F)cc(N(CCCNCC(C)(F)F)c2ccc3ncc(-c4cnn(C)c4)nc3c2)c1.COc1cc(OC)cc(N(CCCN2CCCC2(C)C)c2ccc3ncc(-c4cnn(C)c4)nc3c2)c1.COc1cc(OC)cc(N(Cc2cccnc2)c2ccc3ncc(-c4cnn(C)c4)nc3c2)c1. The van der Waals surface area contributed by atoms with Gasteiger partial charge >= 0.3 is 0 Å². The fourth-order valence-corrected chi connectivity index (χ4v) is 17.1. The summed E-state index contributed by atoms with van der Waals surface area (Å²) in [6.45, 7) is 20.2. The van der Waals surface area contributed by atoms with Gasteiger partial charge in [0.05, 0.1) is 166 Å². The second kappa shape index (κ2) is 46.5. The maximum Gasteiger partial charge on any atom is 0.257 e. The molecule has 732 valence electrons. The number of ether oxygens (including phenoxy) is 6. The molecule has 1 aliphatic heterocycles. The van der Waals surface area contributed by atoms with Gasteiger partial charge in [0.1, 0.15) is 40.3 Å². The van der Waals surface area contributed by atoms with Crippen LogP contribution in [0.2, 0.25) is 0 Å². The van der Waals surface area contributed by atoms with Crippen LogP contribution in [0.15, 0.2) is 244 Å². The van der Waals surface area contributed by atoms with Gasteiger partial charge in [-0.05, 0) is 180 Å². The fourth-order valence-electron chi connectivity index (χ4n) is 17.1. The van der Waals surface area contributed by atoms with E-state index in [2.05, 4.69) is 176 Å². The molecule has 17 aromatic rings. The Hall–Kier alpha value is -15.2. The lowest BCUT2D eigenvalue weighted by molar-refractivity contribution is 0.0229. The van der Waals surface area contributed by atoms with Crippen molar-refractivity contribution in [3.63, 3.8) is 0 Å². The summed E-state index contributed by atoms with van der Waals surface area (Å²) in [5.74, 6) is 0.999. The molecule has 0 aliphatic carbocycles. The average molecular weight is 1910 g/mol. The third kappa shape index (κ3) is 26.0. The van der Waals surface area contributed by atoms with E-state index in [0.717, 1.165) is 201 Å². The molecule has 1 N–H and O–H groups in total. The van der Waals surface area contributed by atoms with Gasteiger partial charge in [-0.15, -0.1) is 0 Å². The van der Waals surface area contributed by atoms with Crippen LogP contribution in [-0.2, 0) is 41.3 Å². The highest BCUT2D eigenvalue weighted by Crippen LogP contribution is 2.41. The smallest absolute Gasteiger partial charge is 0.257 e. The Balaban J connectivity index is 0.000000142. The predicted molar refractivity (Wildman–Crippen MR) is 552 cm³/mol. The van der Waals surface area contributed by atoms with Crippen LogP contribution in [0, 0.1) is 5.82 Å². The topological polar surface area (TPSA) is 274 Å². The van der Waals surface area contributed by atoms with Gasteiger partial charge in [0, 0.05) is 239 Å². The van der Waals surface area contributed by atoms with E-state index in [1.54, 1.807) is 91.3 Å². The zero-order valence-corrected chi connectivity index (χ0v) is 83.0. The molecule has 0 bridgehead atoms. The van der Waals surface area contributed by atoms with Crippen LogP contribution in [0.5, 0.6) is 34.5 Å². The molecule has 0 spiro atoms. The number of alkyl halides is 2. The Morgan fingerprint density at radius 1 is 0.397 bits per heavy atom. The molecule has 9 aromatic heterocycles. The molecule has 0 radical (unpaired) electrons. The van der Waals surface area contributed by atoms with E-state index in [0.29, 0.717) is 65.7 Å². The van der Waals surface area contributed by atoms with Crippen LogP contribution in [0.1, 0.15) is 91.2 Å². The van der Waals surface area contributed by atoms with E-state index in [1.165, 1.54) is 44.2 Å². The maximum absolute atomic E-state index is 14.3. The van der Waals surface area contributed by atoms with Crippen LogP contribution >= 0.6 is 0 Å². The highest BCUT2D eigenvalue weighted by Gasteiger charge is 2.32. The van der Waals surface area contributed by atoms with Gasteiger partial charge < -0.3 is 53.3 Å². The predicted octanol–water partition coefficient (Wildman–Crippen LogP) is 21.0. The monoisotopic (exact) mass is 1910 g/mol. The molecule has 141 heavy (non-hydrogen) atoms. The average Bonchev–Trinajstić information content (AvgIpc) is 1.66. The molecule has 1 aliphatic rings. The molecule has 0 saturated carbocycles. The van der Waals surface area contributed by atoms with E-state index in [9.17, 15) is 13.2 Å². The molecule has 1 saturated heterocycles. The Kier molecular flexibility index (Phi) is 33.1. The molecule has 10 heterocycles. The minimum atomic E-state index is -2.78. The first-order valence-corrected chi connectivity index (χ1v) is 47.3. The summed E-state index contributed by atoms with van der Waals surface area (Å²) in [5.41, 5.74) is 23.4. The van der Waals surface area contributed by atoms with Gasteiger partial charge in [-0.1, -0.05) is 33.3 Å². The van der Waals surface area contributed by atoms with E-state index in [4.69, 9.17) is 48.4 Å². The van der Waals surface area contributed by atoms with Crippen molar-refractivity contribution in [1.82, 2.24) is 99.1 Å². The Labute approximate surface area is 820 Å². The van der Waals surface area contributed by atoms with Crippen molar-refractivity contribution in [3.8, 4) is 79.5 Å². The second-order valence-corrected chi connectivity index (χ2v) is 35.4. The number of hydrogen-bond acceptors (Lipinski definition) is 26. The van der Waals surface area contributed by atoms with Crippen molar-refractivity contribution in [3.05, 3.63) is 261 Å². The Bertz CT molecular complexity index is 7000. The van der Waals surface area contributed by atoms with Crippen LogP contribution in [-0.4, -0.2) is 207 Å². The van der Waals surface area contributed by atoms with Crippen molar-refractivity contribution in [2.75, 3.05) is 121 Å². The number of hydrogen-bond donors (Lipinski definition) is 1. The molecule has 8 aromatic carbocycles. The largest absolute Gasteiger partial charge is 0.497 e. The highest BCUT2D eigenvalue weighted by molar-refractivity contribution is 5.87. The first-order valence-electron chi connectivity index (χ1n) is 47.3. The summed E-state index contributed by atoms with van der Waals surface area (Å²) in [6.07, 6.45) is 31.9. The van der Waals surface area contributed by atoms with Gasteiger partial charge in [-0.25, -0.2) is 33.1 Å². The number of nitrogens with zero attached hydrogens (tertiary/aromatic N) is 23. The van der Waals surface area contributed by atoms with Crippen molar-refractivity contribution in [2.45, 2.75) is 105 Å². The first kappa shape index (κ1) is 100. The van der Waals surface area contributed by atoms with E-state index in [-0.39, 0.29) is 5.54 Å². The molecular weight excluding hydrogens is 1790 g/mol. The normalized spacial score (nSPS) is 12.4. The minimum Gasteiger partial charge on any atom is -0.497 e. The lowest BCUT2D eigenvalue weighted by Gasteiger charge is -2.33. The first-order chi connectivity index (χ1) is 68.2. The number of methoxy groups -OCH3 is 6. The molecule has 0 unspecified atom stereocenters. The Morgan fingerprint density at radius 2 is 0.773 bits per heavy atom. The maximum atomic E-state index is 14.3. The van der Waals surface area contributed by atoms with Gasteiger partial charge in [0.25, 0.3) is 5.92 Å². The van der Waals surface area contributed by atoms with Crippen LogP contribution in [0.25, 0.3) is 89.2 Å². The molecule has 0 atom stereocenters. The number of likely N-dealkylation sites (tertiary alicyclic amines) is 1. The molecule has 30 nitrogen and oxygen atoms in total. The number of aromatic nitrogens is 17. The van der Waals surface area contributed by atoms with E-state index < -0.39 is 18.3 Å². The van der Waals surface area contributed by atoms with Crippen LogP contribution < -0.4 is 53.3 Å². The number of nitrogens with one attached hydrogen (secondary N) is 1. The van der Waals surface area contributed by atoms with Crippen LogP contribution in [0.4, 0.5) is 58.7 Å². The van der Waals surface area contributed by atoms with Crippen molar-refractivity contribution in [2.24, 2.45) is 28.2 Å². The summed E-state index contributed by atoms with van der Waals surface area (Å²) in [5, 5.41) is 19.8. The number of fused-ring (bicyclic) bond motifs is 4. The zero-order chi connectivity index (χ0) is 99.3. The third-order valence-electron chi connectivity index (χ3n) is 24.7. The van der Waals surface area contributed by atoms with Crippen molar-refractivity contribution < 1.29 is 41.6 Å². The van der Waals surface area contributed by atoms with Crippen molar-refractivity contribution >= 4 is 89.6 Å². The zero-order valence-electron chi connectivity index (χ0n) is 83.0. The lowest BCUT2D eigenvalue weighted by atomic mass is 10.0. The summed E-state index contributed by atoms with van der Waals surface area (Å²) in [6, 6.07) is 51.2.